The summed E-state index contributed by atoms with van der Waals surface area (Å²) in [6.45, 7) is 2.64. The minimum absolute atomic E-state index is 0.0731. The number of allylic oxidation sites excluding steroid dienone is 2. The topological polar surface area (TPSA) is 76.0 Å². The molecule has 5 heteroatoms. The van der Waals surface area contributed by atoms with Crippen LogP contribution in [0.5, 0.6) is 0 Å². The first kappa shape index (κ1) is 30.8. The van der Waals surface area contributed by atoms with Gasteiger partial charge in [-0.2, -0.15) is 0 Å². The molecule has 2 aromatic rings. The molecule has 0 amide bonds. The molecule has 0 aliphatic heterocycles. The number of esters is 1. The fraction of sp³-hybridized carbons (Fsp3) is 0.500. The van der Waals surface area contributed by atoms with Gasteiger partial charge in [-0.15, -0.1) is 0 Å². The predicted molar refractivity (Wildman–Crippen MR) is 157 cm³/mol. The summed E-state index contributed by atoms with van der Waals surface area (Å²) in [6.07, 6.45) is 14.3. The van der Waals surface area contributed by atoms with Crippen molar-refractivity contribution < 1.29 is 24.5 Å². The molecule has 5 nitrogen and oxygen atoms in total. The second kappa shape index (κ2) is 17.1. The van der Waals surface area contributed by atoms with Gasteiger partial charge in [0.1, 0.15) is 0 Å². The second-order valence-corrected chi connectivity index (χ2v) is 10.6. The summed E-state index contributed by atoms with van der Waals surface area (Å²) in [5, 5.41) is 21.4. The molecule has 0 saturated heterocycles. The molecule has 0 radical (unpaired) electrons. The maximum Gasteiger partial charge on any atom is 0.305 e. The van der Waals surface area contributed by atoms with E-state index in [1.807, 2.05) is 30.4 Å². The molecule has 0 spiro atoms. The third kappa shape index (κ3) is 10.4. The van der Waals surface area contributed by atoms with Crippen LogP contribution in [0.15, 0.2) is 78.9 Å². The molecule has 212 valence electrons. The normalized spacial score (nSPS) is 22.1. The first-order valence-corrected chi connectivity index (χ1v) is 14.5. The maximum atomic E-state index is 11.3. The van der Waals surface area contributed by atoms with Crippen LogP contribution in [0.25, 0.3) is 11.1 Å². The predicted octanol–water partition coefficient (Wildman–Crippen LogP) is 7.02. The van der Waals surface area contributed by atoms with Crippen molar-refractivity contribution >= 4 is 5.97 Å². The molecule has 0 unspecified atom stereocenters. The van der Waals surface area contributed by atoms with Gasteiger partial charge < -0.3 is 19.7 Å². The Labute approximate surface area is 234 Å². The van der Waals surface area contributed by atoms with Crippen molar-refractivity contribution in [2.24, 2.45) is 11.8 Å². The molecule has 1 fully saturated rings. The van der Waals surface area contributed by atoms with Gasteiger partial charge in [0.05, 0.1) is 32.0 Å². The smallest absolute Gasteiger partial charge is 0.305 e. The van der Waals surface area contributed by atoms with Crippen molar-refractivity contribution in [2.45, 2.75) is 89.6 Å². The average Bonchev–Trinajstić information content (AvgIpc) is 3.26. The number of hydrogen-bond donors (Lipinski definition) is 2. The molecule has 2 N–H and O–H groups in total. The second-order valence-electron chi connectivity index (χ2n) is 10.6. The summed E-state index contributed by atoms with van der Waals surface area (Å²) in [5.41, 5.74) is 3.47. The van der Waals surface area contributed by atoms with Gasteiger partial charge in [-0.3, -0.25) is 4.79 Å². The minimum Gasteiger partial charge on any atom is -0.469 e. The highest BCUT2D eigenvalue weighted by Gasteiger charge is 2.41. The van der Waals surface area contributed by atoms with E-state index < -0.39 is 12.2 Å². The Morgan fingerprint density at radius 1 is 1.03 bits per heavy atom. The van der Waals surface area contributed by atoms with Gasteiger partial charge >= 0.3 is 5.97 Å². The number of methoxy groups -OCH3 is 1. The largest absolute Gasteiger partial charge is 0.469 e. The number of carbonyl (C=O) groups is 1. The summed E-state index contributed by atoms with van der Waals surface area (Å²) >= 11 is 0. The van der Waals surface area contributed by atoms with Crippen LogP contribution in [0.1, 0.15) is 70.3 Å². The SMILES string of the molecule is CCCCC[C@H](O)/C=C/[C@@H]1[C@@H](C/C=C\CCCC(=O)OC)[C@@H](OCc2ccc(-c3ccccc3)cc2)C[C@H]1O. The van der Waals surface area contributed by atoms with Crippen LogP contribution in [0, 0.1) is 11.8 Å². The Balaban J connectivity index is 1.61. The number of benzene rings is 2. The molecule has 1 aliphatic rings. The minimum atomic E-state index is -0.507. The molecule has 39 heavy (non-hydrogen) atoms. The van der Waals surface area contributed by atoms with Crippen molar-refractivity contribution in [3.8, 4) is 11.1 Å². The molecule has 3 rings (SSSR count). The van der Waals surface area contributed by atoms with Crippen molar-refractivity contribution in [3.63, 3.8) is 0 Å². The van der Waals surface area contributed by atoms with Gasteiger partial charge in [-0.25, -0.2) is 0 Å². The first-order valence-electron chi connectivity index (χ1n) is 14.5. The zero-order valence-corrected chi connectivity index (χ0v) is 23.6. The molecule has 0 bridgehead atoms. The van der Waals surface area contributed by atoms with E-state index in [1.165, 1.54) is 18.2 Å². The lowest BCUT2D eigenvalue weighted by molar-refractivity contribution is -0.140. The summed E-state index contributed by atoms with van der Waals surface area (Å²) in [7, 11) is 1.41. The highest BCUT2D eigenvalue weighted by molar-refractivity contribution is 5.69. The number of hydrogen-bond acceptors (Lipinski definition) is 5. The Morgan fingerprint density at radius 2 is 1.77 bits per heavy atom. The average molecular weight is 535 g/mol. The highest BCUT2D eigenvalue weighted by atomic mass is 16.5. The van der Waals surface area contributed by atoms with E-state index in [-0.39, 0.29) is 23.9 Å². The van der Waals surface area contributed by atoms with Crippen molar-refractivity contribution in [3.05, 3.63) is 84.5 Å². The van der Waals surface area contributed by atoms with Crippen molar-refractivity contribution in [1.82, 2.24) is 0 Å². The van der Waals surface area contributed by atoms with Crippen LogP contribution in [0.2, 0.25) is 0 Å². The van der Waals surface area contributed by atoms with E-state index in [0.717, 1.165) is 50.5 Å². The van der Waals surface area contributed by atoms with E-state index in [4.69, 9.17) is 9.47 Å². The van der Waals surface area contributed by atoms with Gasteiger partial charge in [0.2, 0.25) is 0 Å². The summed E-state index contributed by atoms with van der Waals surface area (Å²) in [6, 6.07) is 18.8. The molecule has 0 heterocycles. The standard InChI is InChI=1S/C34H46O5/c1-3-4-8-15-29(35)22-23-30-31(16-11-5-6-12-17-34(37)38-2)33(24-32(30)36)39-25-26-18-20-28(21-19-26)27-13-9-7-10-14-27/h5,7,9-11,13-14,18-23,29-33,35-36H,3-4,6,8,12,15-17,24-25H2,1-2H3/b11-5-,23-22+/t29-,30+,31+,32+,33-/m0/s1. The molecule has 2 aromatic carbocycles. The van der Waals surface area contributed by atoms with Gasteiger partial charge in [0, 0.05) is 18.8 Å². The highest BCUT2D eigenvalue weighted by Crippen LogP contribution is 2.39. The van der Waals surface area contributed by atoms with Crippen LogP contribution in [0.4, 0.5) is 0 Å². The fourth-order valence-corrected chi connectivity index (χ4v) is 5.30. The Kier molecular flexibility index (Phi) is 13.5. The molecule has 0 aromatic heterocycles. The summed E-state index contributed by atoms with van der Waals surface area (Å²) < 4.78 is 11.1. The zero-order valence-electron chi connectivity index (χ0n) is 23.6. The Bertz CT molecular complexity index is 1010. The fourth-order valence-electron chi connectivity index (χ4n) is 5.30. The number of ether oxygens (including phenoxy) is 2. The van der Waals surface area contributed by atoms with Gasteiger partial charge in [-0.05, 0) is 48.3 Å². The molecular weight excluding hydrogens is 488 g/mol. The number of unbranched alkanes of at least 4 members (excludes halogenated alkanes) is 3. The van der Waals surface area contributed by atoms with Gasteiger partial charge in [-0.1, -0.05) is 105 Å². The van der Waals surface area contributed by atoms with Gasteiger partial charge in [0.15, 0.2) is 0 Å². The number of aliphatic hydroxyl groups is 2. The Morgan fingerprint density at radius 3 is 2.49 bits per heavy atom. The monoisotopic (exact) mass is 534 g/mol. The van der Waals surface area contributed by atoms with E-state index in [1.54, 1.807) is 0 Å². The van der Waals surface area contributed by atoms with Crippen molar-refractivity contribution in [2.75, 3.05) is 7.11 Å². The molecule has 5 atom stereocenters. The maximum absolute atomic E-state index is 11.3. The molecule has 1 aliphatic carbocycles. The molecule has 1 saturated carbocycles. The Hall–Kier alpha value is -2.73. The van der Waals surface area contributed by atoms with E-state index in [2.05, 4.69) is 55.5 Å². The number of carbonyl (C=O) groups excluding carboxylic acids is 1. The van der Waals surface area contributed by atoms with Crippen LogP contribution in [-0.4, -0.2) is 41.6 Å². The van der Waals surface area contributed by atoms with Crippen LogP contribution in [-0.2, 0) is 20.9 Å². The molecular formula is C34H46O5. The quantitative estimate of drug-likeness (QED) is 0.137. The van der Waals surface area contributed by atoms with Gasteiger partial charge in [0.25, 0.3) is 0 Å². The lowest BCUT2D eigenvalue weighted by atomic mass is 9.89. The third-order valence-corrected chi connectivity index (χ3v) is 7.63. The van der Waals surface area contributed by atoms with Crippen molar-refractivity contribution in [1.29, 1.82) is 0 Å². The third-order valence-electron chi connectivity index (χ3n) is 7.63. The van der Waals surface area contributed by atoms with Crippen LogP contribution >= 0.6 is 0 Å². The zero-order chi connectivity index (χ0) is 27.9. The lowest BCUT2D eigenvalue weighted by Gasteiger charge is -2.23. The van der Waals surface area contributed by atoms with Crippen LogP contribution in [0.3, 0.4) is 0 Å². The number of rotatable bonds is 16. The summed E-state index contributed by atoms with van der Waals surface area (Å²) in [4.78, 5) is 11.3. The first-order chi connectivity index (χ1) is 19.0. The van der Waals surface area contributed by atoms with E-state index >= 15 is 0 Å². The summed E-state index contributed by atoms with van der Waals surface area (Å²) in [5.74, 6) is -0.147. The lowest BCUT2D eigenvalue weighted by Crippen LogP contribution is -2.22. The number of aliphatic hydroxyl groups excluding tert-OH is 2. The van der Waals surface area contributed by atoms with E-state index in [9.17, 15) is 15.0 Å². The van der Waals surface area contributed by atoms with Crippen LogP contribution < -0.4 is 0 Å². The van der Waals surface area contributed by atoms with E-state index in [0.29, 0.717) is 19.4 Å².